The molecule has 1 aromatic heterocycles. The number of aromatic nitrogens is 1. The molecular weight excluding hydrogens is 375 g/mol. The van der Waals surface area contributed by atoms with Crippen molar-refractivity contribution >= 4 is 51.9 Å². The summed E-state index contributed by atoms with van der Waals surface area (Å²) in [5.41, 5.74) is 0.321. The van der Waals surface area contributed by atoms with Crippen LogP contribution in [-0.2, 0) is 4.79 Å². The van der Waals surface area contributed by atoms with Gasteiger partial charge in [0.05, 0.1) is 29.2 Å². The molecule has 3 rings (SSSR count). The average molecular weight is 389 g/mol. The molecule has 26 heavy (non-hydrogen) atoms. The standard InChI is InChI=1S/C18H14ClFN4OS/c1-10-5-6-11(9-22-10)24-17(26)23(16(25)18(24,2)3)13-8-7-12(21-4)14(19)15(13)20/h5-9H,1-3H3. The zero-order valence-electron chi connectivity index (χ0n) is 14.2. The van der Waals surface area contributed by atoms with E-state index in [2.05, 4.69) is 9.83 Å². The smallest absolute Gasteiger partial charge is 0.259 e. The van der Waals surface area contributed by atoms with Crippen LogP contribution in [0, 0.1) is 19.3 Å². The van der Waals surface area contributed by atoms with Crippen LogP contribution in [0.4, 0.5) is 21.5 Å². The van der Waals surface area contributed by atoms with E-state index in [1.165, 1.54) is 12.1 Å². The van der Waals surface area contributed by atoms with Crippen molar-refractivity contribution in [3.63, 3.8) is 0 Å². The molecule has 0 N–H and O–H groups in total. The van der Waals surface area contributed by atoms with E-state index in [1.807, 2.05) is 13.0 Å². The summed E-state index contributed by atoms with van der Waals surface area (Å²) < 4.78 is 14.7. The molecule has 1 aromatic carbocycles. The largest absolute Gasteiger partial charge is 0.302 e. The minimum absolute atomic E-state index is 0.0238. The van der Waals surface area contributed by atoms with Crippen molar-refractivity contribution in [3.8, 4) is 0 Å². The fraction of sp³-hybridized carbons (Fsp3) is 0.222. The number of carbonyl (C=O) groups is 1. The van der Waals surface area contributed by atoms with E-state index < -0.39 is 17.3 Å². The first-order valence-corrected chi connectivity index (χ1v) is 8.45. The number of halogens is 2. The predicted molar refractivity (Wildman–Crippen MR) is 103 cm³/mol. The first-order chi connectivity index (χ1) is 12.2. The van der Waals surface area contributed by atoms with Gasteiger partial charge < -0.3 is 4.90 Å². The molecule has 0 bridgehead atoms. The molecule has 0 aliphatic carbocycles. The van der Waals surface area contributed by atoms with Crippen molar-refractivity contribution < 1.29 is 9.18 Å². The van der Waals surface area contributed by atoms with Gasteiger partial charge in [-0.05, 0) is 51.2 Å². The number of pyridine rings is 1. The van der Waals surface area contributed by atoms with Crippen LogP contribution in [0.15, 0.2) is 30.5 Å². The molecule has 0 saturated carbocycles. The van der Waals surface area contributed by atoms with E-state index in [1.54, 1.807) is 31.0 Å². The Morgan fingerprint density at radius 3 is 2.58 bits per heavy atom. The predicted octanol–water partition coefficient (Wildman–Crippen LogP) is 4.65. The summed E-state index contributed by atoms with van der Waals surface area (Å²) in [4.78, 5) is 23.2. The van der Waals surface area contributed by atoms with Crippen LogP contribution in [0.25, 0.3) is 4.85 Å². The molecule has 5 nitrogen and oxygen atoms in total. The second kappa shape index (κ2) is 6.31. The van der Waals surface area contributed by atoms with Gasteiger partial charge in [-0.15, -0.1) is 0 Å². The Morgan fingerprint density at radius 1 is 1.31 bits per heavy atom. The highest BCUT2D eigenvalue weighted by Crippen LogP contribution is 2.40. The van der Waals surface area contributed by atoms with Crippen LogP contribution in [0.2, 0.25) is 5.02 Å². The molecule has 8 heteroatoms. The Bertz CT molecular complexity index is 968. The van der Waals surface area contributed by atoms with Crippen molar-refractivity contribution in [1.82, 2.24) is 4.98 Å². The van der Waals surface area contributed by atoms with Crippen LogP contribution in [0.5, 0.6) is 0 Å². The van der Waals surface area contributed by atoms with E-state index in [-0.39, 0.29) is 21.5 Å². The quantitative estimate of drug-likeness (QED) is 0.554. The van der Waals surface area contributed by atoms with E-state index in [0.717, 1.165) is 10.6 Å². The van der Waals surface area contributed by atoms with E-state index in [4.69, 9.17) is 30.4 Å². The molecule has 1 aliphatic rings. The maximum absolute atomic E-state index is 14.7. The van der Waals surface area contributed by atoms with Gasteiger partial charge in [0.2, 0.25) is 5.69 Å². The van der Waals surface area contributed by atoms with Crippen LogP contribution >= 0.6 is 23.8 Å². The normalized spacial score (nSPS) is 16.2. The average Bonchev–Trinajstić information content (AvgIpc) is 2.77. The summed E-state index contributed by atoms with van der Waals surface area (Å²) in [5, 5.41) is -0.211. The lowest BCUT2D eigenvalue weighted by Crippen LogP contribution is -2.44. The van der Waals surface area contributed by atoms with Gasteiger partial charge in [0.1, 0.15) is 5.54 Å². The number of hydrogen-bond donors (Lipinski definition) is 0. The summed E-state index contributed by atoms with van der Waals surface area (Å²) in [6, 6.07) is 6.32. The fourth-order valence-corrected chi connectivity index (χ4v) is 3.54. The minimum atomic E-state index is -1.04. The zero-order chi connectivity index (χ0) is 19.2. The molecule has 132 valence electrons. The van der Waals surface area contributed by atoms with Crippen LogP contribution in [-0.4, -0.2) is 21.5 Å². The molecule has 0 unspecified atom stereocenters. The summed E-state index contributed by atoms with van der Waals surface area (Å²) in [6.45, 7) is 12.3. The molecular formula is C18H14ClFN4OS. The monoisotopic (exact) mass is 388 g/mol. The first-order valence-electron chi connectivity index (χ1n) is 7.67. The maximum Gasteiger partial charge on any atom is 0.259 e. The van der Waals surface area contributed by atoms with Gasteiger partial charge >= 0.3 is 0 Å². The van der Waals surface area contributed by atoms with E-state index in [9.17, 15) is 9.18 Å². The number of aryl methyl sites for hydroxylation is 1. The first kappa shape index (κ1) is 18.2. The number of nitrogens with zero attached hydrogens (tertiary/aromatic N) is 4. The highest BCUT2D eigenvalue weighted by Gasteiger charge is 2.51. The van der Waals surface area contributed by atoms with Crippen LogP contribution in [0.1, 0.15) is 19.5 Å². The second-order valence-electron chi connectivity index (χ2n) is 6.32. The molecule has 2 heterocycles. The third kappa shape index (κ3) is 2.62. The van der Waals surface area contributed by atoms with Crippen molar-refractivity contribution in [2.75, 3.05) is 9.80 Å². The van der Waals surface area contributed by atoms with E-state index >= 15 is 0 Å². The van der Waals surface area contributed by atoms with Gasteiger partial charge in [-0.25, -0.2) is 9.24 Å². The number of thiocarbonyl (C=S) groups is 1. The number of benzene rings is 1. The Morgan fingerprint density at radius 2 is 2.00 bits per heavy atom. The summed E-state index contributed by atoms with van der Waals surface area (Å²) in [6.07, 6.45) is 1.62. The van der Waals surface area contributed by atoms with Gasteiger partial charge in [-0.3, -0.25) is 14.7 Å². The molecule has 1 amide bonds. The maximum atomic E-state index is 14.7. The Kier molecular flexibility index (Phi) is 4.42. The molecule has 1 fully saturated rings. The highest BCUT2D eigenvalue weighted by molar-refractivity contribution is 7.81. The lowest BCUT2D eigenvalue weighted by Gasteiger charge is -2.29. The molecule has 2 aromatic rings. The van der Waals surface area contributed by atoms with Crippen molar-refractivity contribution in [2.45, 2.75) is 26.3 Å². The number of hydrogen-bond acceptors (Lipinski definition) is 3. The zero-order valence-corrected chi connectivity index (χ0v) is 15.8. The summed E-state index contributed by atoms with van der Waals surface area (Å²) in [7, 11) is 0. The van der Waals surface area contributed by atoms with Gasteiger partial charge in [0.25, 0.3) is 5.91 Å². The molecule has 0 spiro atoms. The SMILES string of the molecule is [C-]#[N+]c1ccc(N2C(=O)C(C)(C)N(c3ccc(C)nc3)C2=S)c(F)c1Cl. The Hall–Kier alpha value is -2.56. The van der Waals surface area contributed by atoms with Crippen LogP contribution in [0.3, 0.4) is 0 Å². The van der Waals surface area contributed by atoms with Crippen molar-refractivity contribution in [2.24, 2.45) is 0 Å². The second-order valence-corrected chi connectivity index (χ2v) is 7.06. The third-order valence-electron chi connectivity index (χ3n) is 4.22. The third-order valence-corrected chi connectivity index (χ3v) is 4.95. The lowest BCUT2D eigenvalue weighted by atomic mass is 10.0. The lowest BCUT2D eigenvalue weighted by molar-refractivity contribution is -0.120. The topological polar surface area (TPSA) is 40.8 Å². The fourth-order valence-electron chi connectivity index (χ4n) is 2.82. The van der Waals surface area contributed by atoms with Crippen molar-refractivity contribution in [1.29, 1.82) is 0 Å². The Balaban J connectivity index is 2.13. The number of amides is 1. The number of anilines is 2. The van der Waals surface area contributed by atoms with Gasteiger partial charge in [-0.2, -0.15) is 0 Å². The molecule has 0 atom stereocenters. The Labute approximate surface area is 160 Å². The number of carbonyl (C=O) groups excluding carboxylic acids is 1. The highest BCUT2D eigenvalue weighted by atomic mass is 35.5. The van der Waals surface area contributed by atoms with Crippen LogP contribution < -0.4 is 9.80 Å². The summed E-state index contributed by atoms with van der Waals surface area (Å²) >= 11 is 11.4. The molecule has 0 radical (unpaired) electrons. The molecule has 1 saturated heterocycles. The minimum Gasteiger partial charge on any atom is -0.302 e. The molecule has 1 aliphatic heterocycles. The number of rotatable bonds is 2. The summed E-state index contributed by atoms with van der Waals surface area (Å²) in [5.74, 6) is -1.25. The van der Waals surface area contributed by atoms with E-state index in [0.29, 0.717) is 5.69 Å². The van der Waals surface area contributed by atoms with Gasteiger partial charge in [0, 0.05) is 5.69 Å². The van der Waals surface area contributed by atoms with Crippen molar-refractivity contribution in [3.05, 3.63) is 58.4 Å². The van der Waals surface area contributed by atoms with Gasteiger partial charge in [0.15, 0.2) is 10.9 Å². The van der Waals surface area contributed by atoms with Gasteiger partial charge in [-0.1, -0.05) is 17.7 Å².